The molecule has 0 amide bonds. The van der Waals surface area contributed by atoms with Crippen LogP contribution in [-0.2, 0) is 0 Å². The standard InChI is InChI=1S/C14H18N2O3/c1-12-11-13(5-6-14(12)16(17)18)19-10-4-9-15-7-2-3-8-15/h2-3,5-6,11H,4,7-10H2,1H3. The van der Waals surface area contributed by atoms with Crippen LogP contribution in [0.3, 0.4) is 0 Å². The highest BCUT2D eigenvalue weighted by atomic mass is 16.6. The molecule has 5 nitrogen and oxygen atoms in total. The van der Waals surface area contributed by atoms with Gasteiger partial charge in [0.2, 0.25) is 0 Å². The molecule has 1 heterocycles. The van der Waals surface area contributed by atoms with Crippen molar-refractivity contribution in [1.82, 2.24) is 4.90 Å². The highest BCUT2D eigenvalue weighted by molar-refractivity contribution is 5.44. The number of nitrogens with zero attached hydrogens (tertiary/aromatic N) is 2. The molecule has 102 valence electrons. The van der Waals surface area contributed by atoms with Gasteiger partial charge in [-0.1, -0.05) is 12.2 Å². The van der Waals surface area contributed by atoms with E-state index in [1.165, 1.54) is 6.07 Å². The molecule has 1 aromatic carbocycles. The van der Waals surface area contributed by atoms with Gasteiger partial charge < -0.3 is 4.74 Å². The molecule has 19 heavy (non-hydrogen) atoms. The molecule has 5 heteroatoms. The minimum absolute atomic E-state index is 0.135. The summed E-state index contributed by atoms with van der Waals surface area (Å²) in [5, 5.41) is 10.7. The Balaban J connectivity index is 1.76. The van der Waals surface area contributed by atoms with Gasteiger partial charge in [0.25, 0.3) is 5.69 Å². The van der Waals surface area contributed by atoms with Crippen molar-refractivity contribution in [3.05, 3.63) is 46.0 Å². The summed E-state index contributed by atoms with van der Waals surface area (Å²) < 4.78 is 5.61. The molecule has 1 aromatic rings. The molecule has 0 N–H and O–H groups in total. The number of benzene rings is 1. The van der Waals surface area contributed by atoms with Crippen molar-refractivity contribution in [3.63, 3.8) is 0 Å². The first-order valence-corrected chi connectivity index (χ1v) is 6.42. The van der Waals surface area contributed by atoms with Crippen LogP contribution in [0.4, 0.5) is 5.69 Å². The highest BCUT2D eigenvalue weighted by Crippen LogP contribution is 2.23. The van der Waals surface area contributed by atoms with Crippen LogP contribution in [0, 0.1) is 17.0 Å². The van der Waals surface area contributed by atoms with Gasteiger partial charge in [-0.05, 0) is 25.5 Å². The number of nitro benzene ring substituents is 1. The van der Waals surface area contributed by atoms with Crippen molar-refractivity contribution in [2.75, 3.05) is 26.2 Å². The lowest BCUT2D eigenvalue weighted by Crippen LogP contribution is -2.22. The monoisotopic (exact) mass is 262 g/mol. The molecular weight excluding hydrogens is 244 g/mol. The molecule has 0 radical (unpaired) electrons. The largest absolute Gasteiger partial charge is 0.494 e. The van der Waals surface area contributed by atoms with Crippen LogP contribution in [-0.4, -0.2) is 36.1 Å². The molecular formula is C14H18N2O3. The third-order valence-corrected chi connectivity index (χ3v) is 3.15. The molecule has 1 aliphatic rings. The minimum Gasteiger partial charge on any atom is -0.494 e. The average Bonchev–Trinajstić information content (AvgIpc) is 2.87. The third-order valence-electron chi connectivity index (χ3n) is 3.15. The SMILES string of the molecule is Cc1cc(OCCCN2CC=CC2)ccc1[N+](=O)[O-]. The Morgan fingerprint density at radius 3 is 2.74 bits per heavy atom. The summed E-state index contributed by atoms with van der Waals surface area (Å²) in [7, 11) is 0. The molecule has 0 atom stereocenters. The zero-order valence-electron chi connectivity index (χ0n) is 11.0. The fraction of sp³-hybridized carbons (Fsp3) is 0.429. The fourth-order valence-electron chi connectivity index (χ4n) is 2.11. The third kappa shape index (κ3) is 3.79. The van der Waals surface area contributed by atoms with Gasteiger partial charge in [0.1, 0.15) is 5.75 Å². The van der Waals surface area contributed by atoms with E-state index in [1.54, 1.807) is 19.1 Å². The molecule has 0 fully saturated rings. The quantitative estimate of drug-likeness (QED) is 0.342. The molecule has 2 rings (SSSR count). The fourth-order valence-corrected chi connectivity index (χ4v) is 2.11. The van der Waals surface area contributed by atoms with Gasteiger partial charge >= 0.3 is 0 Å². The van der Waals surface area contributed by atoms with E-state index in [9.17, 15) is 10.1 Å². The molecule has 0 spiro atoms. The zero-order valence-corrected chi connectivity index (χ0v) is 11.0. The lowest BCUT2D eigenvalue weighted by Gasteiger charge is -2.14. The number of ether oxygens (including phenoxy) is 1. The predicted molar refractivity (Wildman–Crippen MR) is 73.5 cm³/mol. The van der Waals surface area contributed by atoms with Crippen LogP contribution in [0.2, 0.25) is 0 Å². The van der Waals surface area contributed by atoms with E-state index >= 15 is 0 Å². The van der Waals surface area contributed by atoms with Crippen LogP contribution in [0.1, 0.15) is 12.0 Å². The summed E-state index contributed by atoms with van der Waals surface area (Å²) >= 11 is 0. The first-order chi connectivity index (χ1) is 9.16. The highest BCUT2D eigenvalue weighted by Gasteiger charge is 2.10. The van der Waals surface area contributed by atoms with Gasteiger partial charge in [0, 0.05) is 31.3 Å². The van der Waals surface area contributed by atoms with Crippen molar-refractivity contribution < 1.29 is 9.66 Å². The van der Waals surface area contributed by atoms with E-state index in [0.29, 0.717) is 17.9 Å². The van der Waals surface area contributed by atoms with E-state index < -0.39 is 0 Å². The Kier molecular flexibility index (Phi) is 4.52. The number of rotatable bonds is 6. The summed E-state index contributed by atoms with van der Waals surface area (Å²) in [6, 6.07) is 4.87. The van der Waals surface area contributed by atoms with Gasteiger partial charge in [-0.2, -0.15) is 0 Å². The molecule has 0 unspecified atom stereocenters. The second-order valence-electron chi connectivity index (χ2n) is 4.64. The van der Waals surface area contributed by atoms with E-state index in [4.69, 9.17) is 4.74 Å². The minimum atomic E-state index is -0.376. The van der Waals surface area contributed by atoms with Crippen LogP contribution in [0.15, 0.2) is 30.4 Å². The average molecular weight is 262 g/mol. The predicted octanol–water partition coefficient (Wildman–Crippen LogP) is 2.54. The molecule has 0 aromatic heterocycles. The summed E-state index contributed by atoms with van der Waals surface area (Å²) in [6.07, 6.45) is 5.29. The Labute approximate surface area is 112 Å². The second-order valence-corrected chi connectivity index (χ2v) is 4.64. The first kappa shape index (κ1) is 13.5. The lowest BCUT2D eigenvalue weighted by atomic mass is 10.2. The van der Waals surface area contributed by atoms with E-state index in [-0.39, 0.29) is 10.6 Å². The lowest BCUT2D eigenvalue weighted by molar-refractivity contribution is -0.385. The molecule has 1 aliphatic heterocycles. The van der Waals surface area contributed by atoms with Crippen molar-refractivity contribution in [1.29, 1.82) is 0 Å². The van der Waals surface area contributed by atoms with Gasteiger partial charge in [-0.15, -0.1) is 0 Å². The number of hydrogen-bond donors (Lipinski definition) is 0. The van der Waals surface area contributed by atoms with E-state index in [1.807, 2.05) is 0 Å². The van der Waals surface area contributed by atoms with Crippen molar-refractivity contribution in [2.45, 2.75) is 13.3 Å². The number of aryl methyl sites for hydroxylation is 1. The smallest absolute Gasteiger partial charge is 0.272 e. The second kappa shape index (κ2) is 6.33. The molecule has 0 saturated carbocycles. The van der Waals surface area contributed by atoms with Gasteiger partial charge in [-0.3, -0.25) is 15.0 Å². The molecule has 0 saturated heterocycles. The topological polar surface area (TPSA) is 55.6 Å². The van der Waals surface area contributed by atoms with Gasteiger partial charge in [0.05, 0.1) is 11.5 Å². The Bertz CT molecular complexity index is 478. The van der Waals surface area contributed by atoms with Crippen molar-refractivity contribution >= 4 is 5.69 Å². The van der Waals surface area contributed by atoms with Crippen molar-refractivity contribution in [2.24, 2.45) is 0 Å². The zero-order chi connectivity index (χ0) is 13.7. The first-order valence-electron chi connectivity index (χ1n) is 6.42. The number of hydrogen-bond acceptors (Lipinski definition) is 4. The summed E-state index contributed by atoms with van der Waals surface area (Å²) in [4.78, 5) is 12.7. The molecule has 0 bridgehead atoms. The molecule has 0 aliphatic carbocycles. The maximum absolute atomic E-state index is 10.7. The maximum Gasteiger partial charge on any atom is 0.272 e. The Morgan fingerprint density at radius 2 is 2.11 bits per heavy atom. The summed E-state index contributed by atoms with van der Waals surface area (Å²) in [5.41, 5.74) is 0.765. The summed E-state index contributed by atoms with van der Waals surface area (Å²) in [6.45, 7) is 5.42. The van der Waals surface area contributed by atoms with Crippen LogP contribution in [0.5, 0.6) is 5.75 Å². The van der Waals surface area contributed by atoms with Gasteiger partial charge in [-0.25, -0.2) is 0 Å². The van der Waals surface area contributed by atoms with Crippen LogP contribution >= 0.6 is 0 Å². The van der Waals surface area contributed by atoms with E-state index in [2.05, 4.69) is 17.1 Å². The van der Waals surface area contributed by atoms with Crippen molar-refractivity contribution in [3.8, 4) is 5.75 Å². The maximum atomic E-state index is 10.7. The Morgan fingerprint density at radius 1 is 1.37 bits per heavy atom. The van der Waals surface area contributed by atoms with Gasteiger partial charge in [0.15, 0.2) is 0 Å². The van der Waals surface area contributed by atoms with Crippen LogP contribution in [0.25, 0.3) is 0 Å². The van der Waals surface area contributed by atoms with Crippen LogP contribution < -0.4 is 4.74 Å². The number of nitro groups is 1. The Hall–Kier alpha value is -1.88. The normalized spacial score (nSPS) is 14.8. The van der Waals surface area contributed by atoms with E-state index in [0.717, 1.165) is 26.1 Å². The summed E-state index contributed by atoms with van der Waals surface area (Å²) in [5.74, 6) is 0.697.